The minimum atomic E-state index is -4.82. The number of carbonyl (C=O) groups excluding carboxylic acids is 1. The number of nitrogens with one attached hydrogen (secondary N) is 3. The number of phenols is 1. The zero-order chi connectivity index (χ0) is 38.5. The normalized spacial score (nSPS) is 12.2. The quantitative estimate of drug-likeness (QED) is 0.0295. The summed E-state index contributed by atoms with van der Waals surface area (Å²) in [4.78, 5) is 36.1. The SMILES string of the molecule is CCCCCNC(=O)c1cc2cc(C(=O)O)ccc2c(N=Nc2cc(Nc3nc(Cl)nc(Nc4ccc(S(O)(O)O)cc4)n3)cc(S(=O)(=O)O)c2)c1O. The number of aromatic carboxylic acids is 1. The van der Waals surface area contributed by atoms with Crippen LogP contribution in [0.1, 0.15) is 46.9 Å². The Morgan fingerprint density at radius 1 is 0.811 bits per heavy atom. The van der Waals surface area contributed by atoms with Gasteiger partial charge in [0.15, 0.2) is 5.75 Å². The van der Waals surface area contributed by atoms with Gasteiger partial charge >= 0.3 is 5.97 Å². The third kappa shape index (κ3) is 9.90. The molecule has 1 heterocycles. The molecule has 53 heavy (non-hydrogen) atoms. The number of anilines is 4. The second-order valence-corrected chi connectivity index (χ2v) is 14.5. The lowest BCUT2D eigenvalue weighted by Crippen LogP contribution is -2.24. The number of unbranched alkanes of at least 4 members (excludes halogenated alkanes) is 2. The fourth-order valence-electron chi connectivity index (χ4n) is 4.87. The largest absolute Gasteiger partial charge is 0.505 e. The number of aromatic nitrogens is 3. The van der Waals surface area contributed by atoms with Gasteiger partial charge < -0.3 is 39.8 Å². The van der Waals surface area contributed by atoms with E-state index in [0.29, 0.717) is 18.7 Å². The molecule has 0 aliphatic rings. The molecule has 278 valence electrons. The van der Waals surface area contributed by atoms with E-state index in [1.54, 1.807) is 0 Å². The lowest BCUT2D eigenvalue weighted by atomic mass is 10.0. The predicted octanol–water partition coefficient (Wildman–Crippen LogP) is 7.73. The summed E-state index contributed by atoms with van der Waals surface area (Å²) < 4.78 is 62.6. The summed E-state index contributed by atoms with van der Waals surface area (Å²) in [7, 11) is -8.75. The van der Waals surface area contributed by atoms with E-state index in [9.17, 15) is 46.4 Å². The highest BCUT2D eigenvalue weighted by Gasteiger charge is 2.21. The maximum absolute atomic E-state index is 13.1. The van der Waals surface area contributed by atoms with Crippen LogP contribution in [0.2, 0.25) is 5.28 Å². The Kier molecular flexibility index (Phi) is 11.7. The van der Waals surface area contributed by atoms with Crippen LogP contribution in [0.5, 0.6) is 5.75 Å². The van der Waals surface area contributed by atoms with Crippen LogP contribution in [-0.4, -0.2) is 70.2 Å². The molecule has 0 saturated heterocycles. The van der Waals surface area contributed by atoms with Crippen molar-refractivity contribution in [2.24, 2.45) is 10.2 Å². The van der Waals surface area contributed by atoms with E-state index in [0.717, 1.165) is 25.0 Å². The number of nitrogens with zero attached hydrogens (tertiary/aromatic N) is 5. The van der Waals surface area contributed by atoms with Crippen molar-refractivity contribution in [1.29, 1.82) is 0 Å². The van der Waals surface area contributed by atoms with Gasteiger partial charge in [-0.05, 0) is 84.1 Å². The monoisotopic (exact) mass is 786 g/mol. The molecule has 0 bridgehead atoms. The highest BCUT2D eigenvalue weighted by atomic mass is 35.5. The number of fused-ring (bicyclic) bond motifs is 1. The maximum atomic E-state index is 13.1. The van der Waals surface area contributed by atoms with Crippen molar-refractivity contribution < 1.29 is 46.4 Å². The van der Waals surface area contributed by atoms with Crippen LogP contribution in [-0.2, 0) is 10.1 Å². The summed E-state index contributed by atoms with van der Waals surface area (Å²) >= 11 is 6.09. The van der Waals surface area contributed by atoms with Crippen LogP contribution < -0.4 is 16.0 Å². The van der Waals surface area contributed by atoms with Crippen LogP contribution in [0.3, 0.4) is 0 Å². The molecule has 0 aliphatic carbocycles. The Balaban J connectivity index is 1.50. The molecule has 18 nitrogen and oxygen atoms in total. The molecule has 9 N–H and O–H groups in total. The van der Waals surface area contributed by atoms with E-state index < -0.39 is 43.5 Å². The number of rotatable bonds is 14. The Hall–Kier alpha value is -5.48. The standard InChI is InChI=1S/C32H31ClN8O10S2/c1-2-3-4-11-34-28(43)25-13-18-12-17(29(44)45)5-10-24(18)26(27(25)42)41-40-21-14-20(15-23(16-21)53(49,50)51)36-32-38-30(33)37-31(39-32)35-19-6-8-22(9-7-19)52(46,47)48/h5-10,12-16,42,46-48H,2-4,11H2,1H3,(H,34,43)(H,44,45)(H,49,50,51)(H2,35,36,37,38,39). The lowest BCUT2D eigenvalue weighted by molar-refractivity contribution is 0.0696. The summed E-state index contributed by atoms with van der Waals surface area (Å²) in [5.41, 5.74) is -0.346. The van der Waals surface area contributed by atoms with Gasteiger partial charge in [0.2, 0.25) is 17.2 Å². The zero-order valence-corrected chi connectivity index (χ0v) is 29.8. The molecule has 0 aliphatic heterocycles. The fraction of sp³-hybridized carbons (Fsp3) is 0.156. The fourth-order valence-corrected chi connectivity index (χ4v) is 6.07. The first-order valence-corrected chi connectivity index (χ1v) is 18.8. The van der Waals surface area contributed by atoms with E-state index >= 15 is 0 Å². The minimum Gasteiger partial charge on any atom is -0.505 e. The van der Waals surface area contributed by atoms with Crippen LogP contribution in [0.4, 0.5) is 34.6 Å². The van der Waals surface area contributed by atoms with Gasteiger partial charge in [0.25, 0.3) is 16.0 Å². The molecule has 0 radical (unpaired) electrons. The first kappa shape index (κ1) is 38.7. The average molecular weight is 787 g/mol. The van der Waals surface area contributed by atoms with Gasteiger partial charge in [0.1, 0.15) is 16.6 Å². The summed E-state index contributed by atoms with van der Waals surface area (Å²) in [5.74, 6) is -2.72. The van der Waals surface area contributed by atoms with Crippen LogP contribution in [0.25, 0.3) is 10.8 Å². The van der Waals surface area contributed by atoms with Crippen molar-refractivity contribution in [3.63, 3.8) is 0 Å². The van der Waals surface area contributed by atoms with E-state index in [4.69, 9.17) is 11.6 Å². The van der Waals surface area contributed by atoms with Gasteiger partial charge in [-0.3, -0.25) is 9.35 Å². The number of carbonyl (C=O) groups is 2. The lowest BCUT2D eigenvalue weighted by Gasteiger charge is -2.19. The summed E-state index contributed by atoms with van der Waals surface area (Å²) in [6, 6.07) is 13.9. The van der Waals surface area contributed by atoms with Crippen molar-refractivity contribution in [3.8, 4) is 5.75 Å². The first-order valence-electron chi connectivity index (χ1n) is 15.4. The number of hydrogen-bond acceptors (Lipinski definition) is 15. The van der Waals surface area contributed by atoms with Crippen molar-refractivity contribution >= 4 is 89.9 Å². The molecular weight excluding hydrogens is 756 g/mol. The number of carboxylic acid groups (broad SMARTS) is 1. The third-order valence-corrected chi connectivity index (χ3v) is 9.29. The molecule has 4 aromatic carbocycles. The van der Waals surface area contributed by atoms with Gasteiger partial charge in [-0.2, -0.15) is 28.5 Å². The third-order valence-electron chi connectivity index (χ3n) is 7.39. The van der Waals surface area contributed by atoms with Gasteiger partial charge in [0.05, 0.1) is 26.6 Å². The Labute approximate surface area is 308 Å². The summed E-state index contributed by atoms with van der Waals surface area (Å²) in [5, 5.41) is 37.4. The number of amides is 1. The molecule has 0 saturated carbocycles. The number of phenolic OH excluding ortho intramolecular Hbond substituents is 1. The molecule has 5 aromatic rings. The van der Waals surface area contributed by atoms with Gasteiger partial charge in [-0.15, -0.1) is 5.11 Å². The average Bonchev–Trinajstić information content (AvgIpc) is 3.08. The van der Waals surface area contributed by atoms with E-state index in [1.165, 1.54) is 54.6 Å². The van der Waals surface area contributed by atoms with Gasteiger partial charge in [0, 0.05) is 23.3 Å². The van der Waals surface area contributed by atoms with Crippen molar-refractivity contribution in [2.45, 2.75) is 36.0 Å². The van der Waals surface area contributed by atoms with Gasteiger partial charge in [-0.25, -0.2) is 4.79 Å². The number of halogens is 1. The Morgan fingerprint density at radius 2 is 1.49 bits per heavy atom. The number of azo groups is 1. The van der Waals surface area contributed by atoms with Crippen molar-refractivity contribution in [1.82, 2.24) is 20.3 Å². The molecule has 5 rings (SSSR count). The molecule has 21 heteroatoms. The van der Waals surface area contributed by atoms with Gasteiger partial charge in [-0.1, -0.05) is 25.8 Å². The summed E-state index contributed by atoms with van der Waals surface area (Å²) in [6.45, 7) is 2.33. The predicted molar refractivity (Wildman–Crippen MR) is 196 cm³/mol. The molecule has 0 atom stereocenters. The van der Waals surface area contributed by atoms with E-state index in [-0.39, 0.29) is 61.0 Å². The highest BCUT2D eigenvalue weighted by Crippen LogP contribution is 2.44. The second-order valence-electron chi connectivity index (χ2n) is 11.3. The number of hydrogen-bond donors (Lipinski definition) is 9. The highest BCUT2D eigenvalue weighted by molar-refractivity contribution is 8.19. The minimum absolute atomic E-state index is 0.0276. The van der Waals surface area contributed by atoms with Crippen LogP contribution in [0.15, 0.2) is 86.7 Å². The molecule has 0 spiro atoms. The number of carboxylic acids is 1. The molecule has 1 amide bonds. The second kappa shape index (κ2) is 16.0. The smallest absolute Gasteiger partial charge is 0.335 e. The van der Waals surface area contributed by atoms with E-state index in [1.807, 2.05) is 6.92 Å². The maximum Gasteiger partial charge on any atom is 0.335 e. The van der Waals surface area contributed by atoms with E-state index in [2.05, 4.69) is 41.1 Å². The Bertz CT molecular complexity index is 2340. The van der Waals surface area contributed by atoms with Crippen LogP contribution >= 0.6 is 22.5 Å². The van der Waals surface area contributed by atoms with Crippen molar-refractivity contribution in [2.75, 3.05) is 17.2 Å². The molecule has 0 unspecified atom stereocenters. The summed E-state index contributed by atoms with van der Waals surface area (Å²) in [6.07, 6.45) is 2.47. The van der Waals surface area contributed by atoms with Crippen molar-refractivity contribution in [3.05, 3.63) is 83.1 Å². The molecular formula is C32H31ClN8O10S2. The zero-order valence-electron chi connectivity index (χ0n) is 27.4. The molecule has 1 aromatic heterocycles. The molecule has 0 fully saturated rings. The topological polar surface area (TPSA) is 289 Å². The number of aromatic hydroxyl groups is 1. The number of benzene rings is 4. The first-order chi connectivity index (χ1) is 25.0. The van der Waals surface area contributed by atoms with Crippen LogP contribution in [0, 0.1) is 0 Å². The Morgan fingerprint density at radius 3 is 2.11 bits per heavy atom.